The number of halogens is 1. The van der Waals surface area contributed by atoms with Crippen LogP contribution >= 0.6 is 15.9 Å². The van der Waals surface area contributed by atoms with Gasteiger partial charge in [0, 0.05) is 5.33 Å². The first-order valence-electron chi connectivity index (χ1n) is 3.25. The van der Waals surface area contributed by atoms with E-state index in [1.807, 2.05) is 12.2 Å². The van der Waals surface area contributed by atoms with Crippen molar-refractivity contribution < 1.29 is 0 Å². The number of alkyl halides is 1. The van der Waals surface area contributed by atoms with Crippen LogP contribution in [0.2, 0.25) is 0 Å². The Bertz CT molecular complexity index is 84.6. The topological polar surface area (TPSA) is 0 Å². The second-order valence-electron chi connectivity index (χ2n) is 1.85. The van der Waals surface area contributed by atoms with Crippen LogP contribution in [0.15, 0.2) is 24.8 Å². The maximum atomic E-state index is 3.58. The zero-order valence-corrected chi connectivity index (χ0v) is 7.23. The van der Waals surface area contributed by atoms with Gasteiger partial charge in [0.1, 0.15) is 0 Å². The lowest BCUT2D eigenvalue weighted by molar-refractivity contribution is 0.827. The van der Waals surface area contributed by atoms with Crippen LogP contribution in [0.1, 0.15) is 19.3 Å². The van der Waals surface area contributed by atoms with E-state index in [2.05, 4.69) is 28.6 Å². The minimum atomic E-state index is 1.12. The summed E-state index contributed by atoms with van der Waals surface area (Å²) in [6.45, 7) is 3.58. The Morgan fingerprint density at radius 3 is 2.67 bits per heavy atom. The third kappa shape index (κ3) is 7.96. The van der Waals surface area contributed by atoms with Crippen LogP contribution in [0.3, 0.4) is 0 Å². The van der Waals surface area contributed by atoms with Crippen molar-refractivity contribution in [2.45, 2.75) is 19.3 Å². The SMILES string of the molecule is C=CC=CCCCCBr. The summed E-state index contributed by atoms with van der Waals surface area (Å²) in [7, 11) is 0. The van der Waals surface area contributed by atoms with E-state index in [4.69, 9.17) is 0 Å². The van der Waals surface area contributed by atoms with Gasteiger partial charge in [-0.3, -0.25) is 0 Å². The van der Waals surface area contributed by atoms with Crippen LogP contribution < -0.4 is 0 Å². The molecule has 0 saturated heterocycles. The van der Waals surface area contributed by atoms with Crippen LogP contribution in [0.4, 0.5) is 0 Å². The predicted molar refractivity (Wildman–Crippen MR) is 47.0 cm³/mol. The second kappa shape index (κ2) is 7.96. The molecule has 0 saturated carbocycles. The molecule has 0 amide bonds. The summed E-state index contributed by atoms with van der Waals surface area (Å²) in [6, 6.07) is 0. The second-order valence-corrected chi connectivity index (χ2v) is 2.64. The lowest BCUT2D eigenvalue weighted by Gasteiger charge is -1.88. The van der Waals surface area contributed by atoms with Crippen LogP contribution in [0.5, 0.6) is 0 Å². The van der Waals surface area contributed by atoms with Gasteiger partial charge in [-0.2, -0.15) is 0 Å². The van der Waals surface area contributed by atoms with E-state index in [1.54, 1.807) is 0 Å². The predicted octanol–water partition coefficient (Wildman–Crippen LogP) is 3.29. The van der Waals surface area contributed by atoms with Gasteiger partial charge in [-0.05, 0) is 19.3 Å². The minimum absolute atomic E-state index is 1.12. The van der Waals surface area contributed by atoms with Gasteiger partial charge in [0.15, 0.2) is 0 Å². The molecule has 1 heteroatoms. The standard InChI is InChI=1S/C8H13Br/c1-2-3-4-5-6-7-8-9/h2-4H,1,5-8H2. The molecule has 0 rings (SSSR count). The number of hydrogen-bond donors (Lipinski definition) is 0. The first-order chi connectivity index (χ1) is 4.41. The van der Waals surface area contributed by atoms with E-state index in [1.165, 1.54) is 19.3 Å². The third-order valence-corrected chi connectivity index (χ3v) is 1.59. The molecule has 0 spiro atoms. The number of unbranched alkanes of at least 4 members (excludes halogenated alkanes) is 2. The highest BCUT2D eigenvalue weighted by atomic mass is 79.9. The molecular weight excluding hydrogens is 176 g/mol. The van der Waals surface area contributed by atoms with Crippen molar-refractivity contribution in [1.82, 2.24) is 0 Å². The molecule has 0 nitrogen and oxygen atoms in total. The monoisotopic (exact) mass is 188 g/mol. The zero-order valence-electron chi connectivity index (χ0n) is 5.65. The molecule has 0 aromatic rings. The first kappa shape index (κ1) is 8.96. The molecule has 0 aliphatic heterocycles. The van der Waals surface area contributed by atoms with Gasteiger partial charge in [-0.1, -0.05) is 40.7 Å². The highest BCUT2D eigenvalue weighted by Gasteiger charge is 1.79. The fraction of sp³-hybridized carbons (Fsp3) is 0.500. The summed E-state index contributed by atoms with van der Waals surface area (Å²) < 4.78 is 0. The molecule has 52 valence electrons. The summed E-state index contributed by atoms with van der Waals surface area (Å²) in [5, 5.41) is 1.12. The van der Waals surface area contributed by atoms with E-state index in [0.717, 1.165) is 5.33 Å². The fourth-order valence-electron chi connectivity index (χ4n) is 0.549. The van der Waals surface area contributed by atoms with Crippen molar-refractivity contribution in [2.75, 3.05) is 5.33 Å². The Morgan fingerprint density at radius 1 is 1.33 bits per heavy atom. The highest BCUT2D eigenvalue weighted by Crippen LogP contribution is 1.98. The Balaban J connectivity index is 2.90. The third-order valence-electron chi connectivity index (χ3n) is 1.03. The normalized spacial score (nSPS) is 10.3. The van der Waals surface area contributed by atoms with E-state index >= 15 is 0 Å². The van der Waals surface area contributed by atoms with E-state index < -0.39 is 0 Å². The highest BCUT2D eigenvalue weighted by molar-refractivity contribution is 9.09. The molecule has 0 bridgehead atoms. The average molecular weight is 189 g/mol. The van der Waals surface area contributed by atoms with Crippen molar-refractivity contribution in [3.05, 3.63) is 24.8 Å². The number of rotatable bonds is 5. The van der Waals surface area contributed by atoms with Crippen molar-refractivity contribution in [3.8, 4) is 0 Å². The fourth-order valence-corrected chi connectivity index (χ4v) is 0.946. The van der Waals surface area contributed by atoms with Gasteiger partial charge in [0.25, 0.3) is 0 Å². The molecule has 0 aliphatic carbocycles. The lowest BCUT2D eigenvalue weighted by Crippen LogP contribution is -1.72. The van der Waals surface area contributed by atoms with E-state index in [9.17, 15) is 0 Å². The molecule has 0 fully saturated rings. The molecule has 0 unspecified atom stereocenters. The Hall–Kier alpha value is -0.0400. The Kier molecular flexibility index (Phi) is 7.92. The van der Waals surface area contributed by atoms with Crippen molar-refractivity contribution in [3.63, 3.8) is 0 Å². The van der Waals surface area contributed by atoms with Gasteiger partial charge < -0.3 is 0 Å². The van der Waals surface area contributed by atoms with Crippen molar-refractivity contribution >= 4 is 15.9 Å². The summed E-state index contributed by atoms with van der Waals surface area (Å²) in [5.74, 6) is 0. The van der Waals surface area contributed by atoms with E-state index in [-0.39, 0.29) is 0 Å². The molecule has 9 heavy (non-hydrogen) atoms. The molecule has 0 radical (unpaired) electrons. The zero-order chi connectivity index (χ0) is 6.95. The Morgan fingerprint density at radius 2 is 2.11 bits per heavy atom. The van der Waals surface area contributed by atoms with E-state index in [0.29, 0.717) is 0 Å². The first-order valence-corrected chi connectivity index (χ1v) is 4.37. The van der Waals surface area contributed by atoms with Crippen LogP contribution in [0, 0.1) is 0 Å². The maximum Gasteiger partial charge on any atom is 0.00314 e. The van der Waals surface area contributed by atoms with Gasteiger partial charge in [0.05, 0.1) is 0 Å². The van der Waals surface area contributed by atoms with Gasteiger partial charge in [-0.15, -0.1) is 0 Å². The largest absolute Gasteiger partial charge is 0.0991 e. The van der Waals surface area contributed by atoms with Gasteiger partial charge >= 0.3 is 0 Å². The Labute approximate surface area is 65.8 Å². The van der Waals surface area contributed by atoms with Crippen LogP contribution in [-0.4, -0.2) is 5.33 Å². The quantitative estimate of drug-likeness (QED) is 0.353. The molecule has 0 aliphatic rings. The maximum absolute atomic E-state index is 3.58. The molecule has 0 atom stereocenters. The smallest absolute Gasteiger partial charge is 0.00314 e. The average Bonchev–Trinajstić information content (AvgIpc) is 1.89. The molecule has 0 N–H and O–H groups in total. The molecule has 0 aromatic heterocycles. The molecular formula is C8H13Br. The van der Waals surface area contributed by atoms with Gasteiger partial charge in [0.2, 0.25) is 0 Å². The summed E-state index contributed by atoms with van der Waals surface area (Å²) >= 11 is 3.37. The van der Waals surface area contributed by atoms with Gasteiger partial charge in [-0.25, -0.2) is 0 Å². The number of hydrogen-bond acceptors (Lipinski definition) is 0. The molecule has 0 heterocycles. The summed E-state index contributed by atoms with van der Waals surface area (Å²) in [4.78, 5) is 0. The van der Waals surface area contributed by atoms with Crippen molar-refractivity contribution in [2.24, 2.45) is 0 Å². The summed E-state index contributed by atoms with van der Waals surface area (Å²) in [5.41, 5.74) is 0. The van der Waals surface area contributed by atoms with Crippen molar-refractivity contribution in [1.29, 1.82) is 0 Å². The number of allylic oxidation sites excluding steroid dienone is 3. The minimum Gasteiger partial charge on any atom is -0.0991 e. The lowest BCUT2D eigenvalue weighted by atomic mass is 10.2. The van der Waals surface area contributed by atoms with Crippen LogP contribution in [0.25, 0.3) is 0 Å². The molecule has 0 aromatic carbocycles. The van der Waals surface area contributed by atoms with Crippen LogP contribution in [-0.2, 0) is 0 Å². The summed E-state index contributed by atoms with van der Waals surface area (Å²) in [6.07, 6.45) is 9.67.